The molecule has 2 N–H and O–H groups in total. The molecule has 22 heavy (non-hydrogen) atoms. The van der Waals surface area contributed by atoms with Crippen molar-refractivity contribution in [1.29, 1.82) is 0 Å². The van der Waals surface area contributed by atoms with E-state index in [-0.39, 0.29) is 0 Å². The fourth-order valence-electron chi connectivity index (χ4n) is 3.59. The second-order valence-electron chi connectivity index (χ2n) is 7.72. The molecule has 0 spiro atoms. The summed E-state index contributed by atoms with van der Waals surface area (Å²) >= 11 is 0. The zero-order chi connectivity index (χ0) is 15.6. The smallest absolute Gasteiger partial charge is 0.222 e. The molecule has 0 aromatic carbocycles. The lowest BCUT2D eigenvalue weighted by Gasteiger charge is -2.37. The quantitative estimate of drug-likeness (QED) is 0.790. The van der Waals surface area contributed by atoms with Crippen molar-refractivity contribution in [2.24, 2.45) is 5.92 Å². The first kappa shape index (κ1) is 16.2. The highest BCUT2D eigenvalue weighted by atomic mass is 16.3. The fraction of sp³-hybridized carbons (Fsp3) is 0.941. The Hall–Kier alpha value is -0.650. The normalized spacial score (nSPS) is 30.4. The number of amides is 1. The van der Waals surface area contributed by atoms with Crippen LogP contribution in [0, 0.1) is 5.92 Å². The molecule has 0 radical (unpaired) electrons. The van der Waals surface area contributed by atoms with Gasteiger partial charge in [0.25, 0.3) is 0 Å². The van der Waals surface area contributed by atoms with Gasteiger partial charge in [0, 0.05) is 45.2 Å². The van der Waals surface area contributed by atoms with E-state index >= 15 is 0 Å². The maximum atomic E-state index is 12.2. The summed E-state index contributed by atoms with van der Waals surface area (Å²) in [6.07, 6.45) is 6.88. The van der Waals surface area contributed by atoms with Gasteiger partial charge in [0.2, 0.25) is 5.91 Å². The molecule has 3 fully saturated rings. The maximum Gasteiger partial charge on any atom is 0.222 e. The Kier molecular flexibility index (Phi) is 5.05. The van der Waals surface area contributed by atoms with Gasteiger partial charge in [0.05, 0.1) is 5.60 Å². The predicted octanol–water partition coefficient (Wildman–Crippen LogP) is 0.824. The second kappa shape index (κ2) is 6.85. The van der Waals surface area contributed by atoms with Crippen LogP contribution in [0.2, 0.25) is 0 Å². The summed E-state index contributed by atoms with van der Waals surface area (Å²) in [5, 5.41) is 14.2. The van der Waals surface area contributed by atoms with E-state index in [0.717, 1.165) is 57.8 Å². The Balaban J connectivity index is 1.43. The fourth-order valence-corrected chi connectivity index (χ4v) is 3.59. The van der Waals surface area contributed by atoms with E-state index in [1.54, 1.807) is 0 Å². The van der Waals surface area contributed by atoms with Crippen molar-refractivity contribution in [2.75, 3.05) is 39.8 Å². The number of hydrogen-bond donors (Lipinski definition) is 2. The number of nitrogens with zero attached hydrogens (tertiary/aromatic N) is 2. The highest BCUT2D eigenvalue weighted by Gasteiger charge is 2.33. The van der Waals surface area contributed by atoms with Gasteiger partial charge in [0.15, 0.2) is 0 Å². The van der Waals surface area contributed by atoms with Crippen LogP contribution in [0.3, 0.4) is 0 Å². The number of nitrogens with one attached hydrogen (secondary N) is 1. The van der Waals surface area contributed by atoms with Crippen molar-refractivity contribution in [3.63, 3.8) is 0 Å². The number of hydrogen-bond acceptors (Lipinski definition) is 4. The molecule has 2 saturated heterocycles. The molecule has 2 aliphatic heterocycles. The molecular weight excluding hydrogens is 278 g/mol. The molecule has 2 heterocycles. The Labute approximate surface area is 134 Å². The van der Waals surface area contributed by atoms with Gasteiger partial charge in [-0.3, -0.25) is 4.79 Å². The third-order valence-electron chi connectivity index (χ3n) is 5.62. The summed E-state index contributed by atoms with van der Waals surface area (Å²) in [7, 11) is 2.11. The van der Waals surface area contributed by atoms with E-state index < -0.39 is 5.60 Å². The topological polar surface area (TPSA) is 55.8 Å². The Morgan fingerprint density at radius 3 is 2.59 bits per heavy atom. The molecule has 1 saturated carbocycles. The SMILES string of the molecule is CN1CCC(O)(CN[C@H]2CCC(=O)N(CC3CC3)CC2)CC1. The summed E-state index contributed by atoms with van der Waals surface area (Å²) in [4.78, 5) is 16.5. The Morgan fingerprint density at radius 1 is 1.18 bits per heavy atom. The molecule has 126 valence electrons. The van der Waals surface area contributed by atoms with Gasteiger partial charge >= 0.3 is 0 Å². The average molecular weight is 309 g/mol. The first-order valence-electron chi connectivity index (χ1n) is 8.96. The molecule has 1 amide bonds. The predicted molar refractivity (Wildman–Crippen MR) is 86.6 cm³/mol. The van der Waals surface area contributed by atoms with Gasteiger partial charge in [-0.15, -0.1) is 0 Å². The van der Waals surface area contributed by atoms with Gasteiger partial charge in [-0.25, -0.2) is 0 Å². The number of aliphatic hydroxyl groups is 1. The van der Waals surface area contributed by atoms with Crippen LogP contribution in [0.15, 0.2) is 0 Å². The third kappa shape index (κ3) is 4.43. The number of carbonyl (C=O) groups is 1. The van der Waals surface area contributed by atoms with Crippen molar-refractivity contribution in [2.45, 2.75) is 56.6 Å². The molecule has 3 rings (SSSR count). The monoisotopic (exact) mass is 309 g/mol. The molecule has 5 nitrogen and oxygen atoms in total. The lowest BCUT2D eigenvalue weighted by Crippen LogP contribution is -2.50. The summed E-state index contributed by atoms with van der Waals surface area (Å²) in [5.74, 6) is 1.10. The number of rotatable bonds is 5. The molecule has 5 heteroatoms. The van der Waals surface area contributed by atoms with Crippen LogP contribution in [0.1, 0.15) is 44.9 Å². The van der Waals surface area contributed by atoms with Crippen LogP contribution in [0.25, 0.3) is 0 Å². The molecular formula is C17H31N3O2. The molecule has 0 bridgehead atoms. The zero-order valence-corrected chi connectivity index (χ0v) is 13.9. The van der Waals surface area contributed by atoms with Crippen LogP contribution in [-0.4, -0.2) is 72.2 Å². The Bertz CT molecular complexity index is 389. The van der Waals surface area contributed by atoms with Crippen molar-refractivity contribution in [3.05, 3.63) is 0 Å². The molecule has 0 aromatic rings. The Morgan fingerprint density at radius 2 is 1.91 bits per heavy atom. The van der Waals surface area contributed by atoms with Crippen molar-refractivity contribution < 1.29 is 9.90 Å². The second-order valence-corrected chi connectivity index (χ2v) is 7.72. The minimum absolute atomic E-state index is 0.328. The minimum atomic E-state index is -0.559. The van der Waals surface area contributed by atoms with Crippen LogP contribution in [0.4, 0.5) is 0 Å². The van der Waals surface area contributed by atoms with Crippen LogP contribution >= 0.6 is 0 Å². The van der Waals surface area contributed by atoms with Gasteiger partial charge in [-0.2, -0.15) is 0 Å². The summed E-state index contributed by atoms with van der Waals surface area (Å²) in [6, 6.07) is 0.372. The van der Waals surface area contributed by atoms with E-state index in [2.05, 4.69) is 22.2 Å². The van der Waals surface area contributed by atoms with Gasteiger partial charge in [-0.05, 0) is 51.5 Å². The number of likely N-dealkylation sites (tertiary alicyclic amines) is 2. The zero-order valence-electron chi connectivity index (χ0n) is 13.9. The molecule has 0 unspecified atom stereocenters. The largest absolute Gasteiger partial charge is 0.388 e. The third-order valence-corrected chi connectivity index (χ3v) is 5.62. The average Bonchev–Trinajstić information content (AvgIpc) is 3.33. The maximum absolute atomic E-state index is 12.2. The first-order chi connectivity index (χ1) is 10.5. The van der Waals surface area contributed by atoms with Crippen molar-refractivity contribution in [1.82, 2.24) is 15.1 Å². The first-order valence-corrected chi connectivity index (χ1v) is 8.96. The van der Waals surface area contributed by atoms with Gasteiger partial charge < -0.3 is 20.2 Å². The van der Waals surface area contributed by atoms with E-state index in [9.17, 15) is 9.90 Å². The highest BCUT2D eigenvalue weighted by molar-refractivity contribution is 5.76. The lowest BCUT2D eigenvalue weighted by molar-refractivity contribution is -0.130. The lowest BCUT2D eigenvalue weighted by atomic mass is 9.91. The highest BCUT2D eigenvalue weighted by Crippen LogP contribution is 2.30. The van der Waals surface area contributed by atoms with Crippen molar-refractivity contribution in [3.8, 4) is 0 Å². The van der Waals surface area contributed by atoms with E-state index in [1.165, 1.54) is 12.8 Å². The van der Waals surface area contributed by atoms with E-state index in [4.69, 9.17) is 0 Å². The number of carbonyl (C=O) groups excluding carboxylic acids is 1. The van der Waals surface area contributed by atoms with Crippen molar-refractivity contribution >= 4 is 5.91 Å². The van der Waals surface area contributed by atoms with E-state index in [0.29, 0.717) is 24.9 Å². The summed E-state index contributed by atoms with van der Waals surface area (Å²) in [6.45, 7) is 4.46. The van der Waals surface area contributed by atoms with Crippen LogP contribution in [-0.2, 0) is 4.79 Å². The molecule has 3 aliphatic rings. The van der Waals surface area contributed by atoms with Crippen LogP contribution in [0.5, 0.6) is 0 Å². The number of piperidine rings is 1. The van der Waals surface area contributed by atoms with E-state index in [1.807, 2.05) is 0 Å². The molecule has 1 atom stereocenters. The molecule has 1 aliphatic carbocycles. The minimum Gasteiger partial charge on any atom is -0.388 e. The van der Waals surface area contributed by atoms with Gasteiger partial charge in [0.1, 0.15) is 0 Å². The summed E-state index contributed by atoms with van der Waals surface area (Å²) < 4.78 is 0. The standard InChI is InChI=1S/C17H31N3O2/c1-19-10-7-17(22,8-11-19)13-18-15-4-5-16(21)20(9-6-15)12-14-2-3-14/h14-15,18,22H,2-13H2,1H3/t15-/m0/s1. The molecule has 0 aromatic heterocycles. The van der Waals surface area contributed by atoms with Gasteiger partial charge in [-0.1, -0.05) is 0 Å². The summed E-state index contributed by atoms with van der Waals surface area (Å²) in [5.41, 5.74) is -0.559. The van der Waals surface area contributed by atoms with Crippen LogP contribution < -0.4 is 5.32 Å².